The van der Waals surface area contributed by atoms with Crippen molar-refractivity contribution < 1.29 is 9.59 Å². The number of hydrogen-bond donors (Lipinski definition) is 3. The maximum atomic E-state index is 11.9. The fraction of sp³-hybridized carbons (Fsp3) is 0.167. The van der Waals surface area contributed by atoms with Gasteiger partial charge in [-0.05, 0) is 12.1 Å². The molecule has 0 fully saturated rings. The van der Waals surface area contributed by atoms with Crippen LogP contribution < -0.4 is 16.4 Å². The second-order valence-corrected chi connectivity index (χ2v) is 4.64. The summed E-state index contributed by atoms with van der Waals surface area (Å²) in [5.41, 5.74) is 5.98. The van der Waals surface area contributed by atoms with Gasteiger partial charge in [-0.15, -0.1) is 11.3 Å². The second-order valence-electron chi connectivity index (χ2n) is 3.78. The van der Waals surface area contributed by atoms with Crippen molar-refractivity contribution in [1.82, 2.24) is 15.3 Å². The molecule has 0 unspecified atom stereocenters. The highest BCUT2D eigenvalue weighted by molar-refractivity contribution is 7.14. The first-order valence-corrected chi connectivity index (χ1v) is 6.74. The fourth-order valence-electron chi connectivity index (χ4n) is 1.38. The first-order valence-electron chi connectivity index (χ1n) is 5.86. The SMILES string of the molecule is NCCNC(=O)c1csc(NC(=O)c2cccnc2)n1. The molecule has 7 nitrogen and oxygen atoms in total. The number of carbonyl (C=O) groups excluding carboxylic acids is 2. The Morgan fingerprint density at radius 3 is 2.90 bits per heavy atom. The van der Waals surface area contributed by atoms with Crippen LogP contribution in [0.1, 0.15) is 20.8 Å². The van der Waals surface area contributed by atoms with Gasteiger partial charge in [0.1, 0.15) is 5.69 Å². The number of nitrogens with one attached hydrogen (secondary N) is 2. The highest BCUT2D eigenvalue weighted by Crippen LogP contribution is 2.16. The lowest BCUT2D eigenvalue weighted by molar-refractivity contribution is 0.0949. The summed E-state index contributed by atoms with van der Waals surface area (Å²) in [6.07, 6.45) is 3.04. The van der Waals surface area contributed by atoms with Gasteiger partial charge >= 0.3 is 0 Å². The van der Waals surface area contributed by atoms with Crippen molar-refractivity contribution in [2.24, 2.45) is 5.73 Å². The average molecular weight is 291 g/mol. The van der Waals surface area contributed by atoms with E-state index in [-0.39, 0.29) is 17.5 Å². The number of anilines is 1. The van der Waals surface area contributed by atoms with E-state index in [2.05, 4.69) is 20.6 Å². The highest BCUT2D eigenvalue weighted by atomic mass is 32.1. The predicted molar refractivity (Wildman–Crippen MR) is 75.7 cm³/mol. The monoisotopic (exact) mass is 291 g/mol. The Hall–Kier alpha value is -2.32. The molecule has 8 heteroatoms. The number of hydrogen-bond acceptors (Lipinski definition) is 6. The number of rotatable bonds is 5. The number of pyridine rings is 1. The molecule has 4 N–H and O–H groups in total. The molecule has 0 saturated carbocycles. The highest BCUT2D eigenvalue weighted by Gasteiger charge is 2.12. The van der Waals surface area contributed by atoms with Crippen LogP contribution in [-0.2, 0) is 0 Å². The van der Waals surface area contributed by atoms with Crippen molar-refractivity contribution in [3.05, 3.63) is 41.2 Å². The molecule has 0 aliphatic heterocycles. The molecule has 0 spiro atoms. The first-order chi connectivity index (χ1) is 9.70. The second kappa shape index (κ2) is 6.73. The quantitative estimate of drug-likeness (QED) is 0.742. The number of amides is 2. The zero-order valence-corrected chi connectivity index (χ0v) is 11.3. The van der Waals surface area contributed by atoms with Crippen LogP contribution in [0.2, 0.25) is 0 Å². The van der Waals surface area contributed by atoms with Crippen LogP contribution in [0.15, 0.2) is 29.9 Å². The van der Waals surface area contributed by atoms with E-state index in [0.717, 1.165) is 0 Å². The number of carbonyl (C=O) groups is 2. The van der Waals surface area contributed by atoms with Crippen molar-refractivity contribution >= 4 is 28.3 Å². The molecule has 20 heavy (non-hydrogen) atoms. The van der Waals surface area contributed by atoms with Crippen LogP contribution in [0.3, 0.4) is 0 Å². The molecule has 2 aromatic heterocycles. The summed E-state index contributed by atoms with van der Waals surface area (Å²) in [6, 6.07) is 3.31. The third-order valence-corrected chi connectivity index (χ3v) is 3.07. The summed E-state index contributed by atoms with van der Waals surface area (Å²) in [5, 5.41) is 7.15. The summed E-state index contributed by atoms with van der Waals surface area (Å²) >= 11 is 1.18. The van der Waals surface area contributed by atoms with Crippen LogP contribution in [0.25, 0.3) is 0 Å². The van der Waals surface area contributed by atoms with Gasteiger partial charge < -0.3 is 11.1 Å². The molecule has 0 aliphatic carbocycles. The molecule has 0 aromatic carbocycles. The van der Waals surface area contributed by atoms with E-state index in [1.807, 2.05) is 0 Å². The predicted octanol–water partition coefficient (Wildman–Crippen LogP) is 0.479. The molecule has 2 heterocycles. The van der Waals surface area contributed by atoms with Crippen LogP contribution in [-0.4, -0.2) is 34.9 Å². The van der Waals surface area contributed by atoms with E-state index in [1.54, 1.807) is 23.7 Å². The van der Waals surface area contributed by atoms with Gasteiger partial charge in [0.15, 0.2) is 5.13 Å². The Morgan fingerprint density at radius 1 is 1.35 bits per heavy atom. The Balaban J connectivity index is 1.99. The number of aromatic nitrogens is 2. The van der Waals surface area contributed by atoms with E-state index < -0.39 is 0 Å². The average Bonchev–Trinajstić information content (AvgIpc) is 2.94. The standard InChI is InChI=1S/C12H13N5O2S/c13-3-5-15-11(19)9-7-20-12(16-9)17-10(18)8-2-1-4-14-6-8/h1-2,4,6-7H,3,5,13H2,(H,15,19)(H,16,17,18). The zero-order chi connectivity index (χ0) is 14.4. The van der Waals surface area contributed by atoms with Gasteiger partial charge in [0.05, 0.1) is 5.56 Å². The third kappa shape index (κ3) is 3.59. The largest absolute Gasteiger partial charge is 0.349 e. The van der Waals surface area contributed by atoms with Gasteiger partial charge in [0, 0.05) is 30.9 Å². The van der Waals surface area contributed by atoms with E-state index in [1.165, 1.54) is 17.5 Å². The molecule has 2 amide bonds. The Kier molecular flexibility index (Phi) is 4.75. The molecule has 0 bridgehead atoms. The smallest absolute Gasteiger partial charge is 0.270 e. The molecule has 0 aliphatic rings. The molecule has 0 saturated heterocycles. The minimum atomic E-state index is -0.318. The van der Waals surface area contributed by atoms with Gasteiger partial charge in [-0.3, -0.25) is 19.9 Å². The van der Waals surface area contributed by atoms with E-state index in [0.29, 0.717) is 23.8 Å². The van der Waals surface area contributed by atoms with E-state index in [4.69, 9.17) is 5.73 Å². The molecule has 104 valence electrons. The van der Waals surface area contributed by atoms with Crippen LogP contribution in [0, 0.1) is 0 Å². The Labute approximate surface area is 119 Å². The van der Waals surface area contributed by atoms with Crippen molar-refractivity contribution in [1.29, 1.82) is 0 Å². The fourth-order valence-corrected chi connectivity index (χ4v) is 2.06. The minimum absolute atomic E-state index is 0.255. The molecule has 2 aromatic rings. The van der Waals surface area contributed by atoms with Gasteiger partial charge in [-0.1, -0.05) is 0 Å². The van der Waals surface area contributed by atoms with E-state index in [9.17, 15) is 9.59 Å². The number of nitrogens with two attached hydrogens (primary N) is 1. The molecule has 2 rings (SSSR count). The van der Waals surface area contributed by atoms with Crippen LogP contribution >= 0.6 is 11.3 Å². The summed E-state index contributed by atoms with van der Waals surface area (Å²) in [7, 11) is 0. The van der Waals surface area contributed by atoms with Crippen molar-refractivity contribution in [2.45, 2.75) is 0 Å². The van der Waals surface area contributed by atoms with Gasteiger partial charge in [-0.2, -0.15) is 0 Å². The molecular weight excluding hydrogens is 278 g/mol. The van der Waals surface area contributed by atoms with Gasteiger partial charge in [0.25, 0.3) is 11.8 Å². The summed E-state index contributed by atoms with van der Waals surface area (Å²) in [5.74, 6) is -0.630. The normalized spacial score (nSPS) is 10.1. The summed E-state index contributed by atoms with van der Waals surface area (Å²) in [6.45, 7) is 0.744. The lowest BCUT2D eigenvalue weighted by atomic mass is 10.3. The minimum Gasteiger partial charge on any atom is -0.349 e. The number of nitrogens with zero attached hydrogens (tertiary/aromatic N) is 2. The van der Waals surface area contributed by atoms with Crippen LogP contribution in [0.4, 0.5) is 5.13 Å². The Bertz CT molecular complexity index is 599. The molecule has 0 radical (unpaired) electrons. The zero-order valence-electron chi connectivity index (χ0n) is 10.5. The topological polar surface area (TPSA) is 110 Å². The van der Waals surface area contributed by atoms with Crippen molar-refractivity contribution in [2.75, 3.05) is 18.4 Å². The summed E-state index contributed by atoms with van der Waals surface area (Å²) < 4.78 is 0. The van der Waals surface area contributed by atoms with Gasteiger partial charge in [-0.25, -0.2) is 4.98 Å². The molecular formula is C12H13N5O2S. The number of thiazole rings is 1. The van der Waals surface area contributed by atoms with Crippen molar-refractivity contribution in [3.63, 3.8) is 0 Å². The third-order valence-electron chi connectivity index (χ3n) is 2.31. The maximum absolute atomic E-state index is 11.9. The summed E-state index contributed by atoms with van der Waals surface area (Å²) in [4.78, 5) is 31.4. The van der Waals surface area contributed by atoms with Crippen molar-refractivity contribution in [3.8, 4) is 0 Å². The van der Waals surface area contributed by atoms with E-state index >= 15 is 0 Å². The Morgan fingerprint density at radius 2 is 2.20 bits per heavy atom. The van der Waals surface area contributed by atoms with Gasteiger partial charge in [0.2, 0.25) is 0 Å². The first kappa shape index (κ1) is 14.1. The van der Waals surface area contributed by atoms with Crippen LogP contribution in [0.5, 0.6) is 0 Å². The molecule has 0 atom stereocenters. The maximum Gasteiger partial charge on any atom is 0.270 e. The lowest BCUT2D eigenvalue weighted by Crippen LogP contribution is -2.29. The lowest BCUT2D eigenvalue weighted by Gasteiger charge is -2.01.